The number of thioether (sulfide) groups is 2. The van der Waals surface area contributed by atoms with Crippen molar-refractivity contribution in [1.29, 1.82) is 0 Å². The standard InChI is InChI=1S/C12H6OS2Se4/c1-3-13-4-2-7(1)8-14-9-10(15-8)19-12(18-9)11-16-5-6-17-11/h1-6H. The van der Waals surface area contributed by atoms with Crippen LogP contribution < -0.4 is 0 Å². The molecule has 4 rings (SSSR count). The summed E-state index contributed by atoms with van der Waals surface area (Å²) in [6.45, 7) is 0. The molecule has 4 aliphatic heterocycles. The second-order valence-electron chi connectivity index (χ2n) is 3.55. The molecule has 0 aromatic rings. The Morgan fingerprint density at radius 2 is 1.47 bits per heavy atom. The molecule has 4 aliphatic rings. The van der Waals surface area contributed by atoms with E-state index in [-0.39, 0.29) is 0 Å². The Bertz CT molecular complexity index is 582. The van der Waals surface area contributed by atoms with E-state index >= 15 is 0 Å². The third-order valence-electron chi connectivity index (χ3n) is 2.37. The second-order valence-corrected chi connectivity index (χ2v) is 17.8. The van der Waals surface area contributed by atoms with Crippen LogP contribution in [0.3, 0.4) is 0 Å². The van der Waals surface area contributed by atoms with Gasteiger partial charge in [-0.2, -0.15) is 0 Å². The third kappa shape index (κ3) is 2.84. The van der Waals surface area contributed by atoms with Gasteiger partial charge in [-0.05, 0) is 0 Å². The molecule has 1 nitrogen and oxygen atoms in total. The molecular formula is C12H6OS2Se4. The van der Waals surface area contributed by atoms with Crippen molar-refractivity contribution in [3.8, 4) is 0 Å². The average Bonchev–Trinajstić information content (AvgIpc) is 3.14. The Morgan fingerprint density at radius 3 is 2.11 bits per heavy atom. The summed E-state index contributed by atoms with van der Waals surface area (Å²) in [7, 11) is 0. The van der Waals surface area contributed by atoms with E-state index in [9.17, 15) is 0 Å². The summed E-state index contributed by atoms with van der Waals surface area (Å²) in [5.41, 5.74) is 1.31. The Balaban J connectivity index is 1.53. The Labute approximate surface area is 145 Å². The van der Waals surface area contributed by atoms with Crippen LogP contribution in [0.2, 0.25) is 0 Å². The average molecular weight is 546 g/mol. The molecule has 0 radical (unpaired) electrons. The van der Waals surface area contributed by atoms with Crippen molar-refractivity contribution in [2.75, 3.05) is 0 Å². The molecule has 0 fully saturated rings. The van der Waals surface area contributed by atoms with Gasteiger partial charge in [-0.3, -0.25) is 0 Å². The minimum absolute atomic E-state index is 0.638. The molecule has 0 atom stereocenters. The van der Waals surface area contributed by atoms with Crippen molar-refractivity contribution in [3.63, 3.8) is 0 Å². The molecule has 0 bridgehead atoms. The normalized spacial score (nSPS) is 24.8. The molecule has 19 heavy (non-hydrogen) atoms. The Kier molecular flexibility index (Phi) is 4.33. The van der Waals surface area contributed by atoms with Gasteiger partial charge in [0.05, 0.1) is 0 Å². The van der Waals surface area contributed by atoms with E-state index in [0.717, 1.165) is 0 Å². The molecule has 0 N–H and O–H groups in total. The first-order valence-corrected chi connectivity index (χ1v) is 14.1. The van der Waals surface area contributed by atoms with Crippen LogP contribution >= 0.6 is 23.5 Å². The van der Waals surface area contributed by atoms with E-state index in [0.29, 0.717) is 59.8 Å². The number of hydrogen-bond acceptors (Lipinski definition) is 3. The van der Waals surface area contributed by atoms with Gasteiger partial charge >= 0.3 is 147 Å². The monoisotopic (exact) mass is 550 g/mol. The molecular weight excluding hydrogens is 540 g/mol. The first kappa shape index (κ1) is 13.7. The summed E-state index contributed by atoms with van der Waals surface area (Å²) in [5, 5.41) is 0. The zero-order chi connectivity index (χ0) is 12.7. The summed E-state index contributed by atoms with van der Waals surface area (Å²) in [6.07, 6.45) is 7.69. The van der Waals surface area contributed by atoms with E-state index in [4.69, 9.17) is 4.74 Å². The van der Waals surface area contributed by atoms with Crippen LogP contribution in [0.15, 0.2) is 58.8 Å². The summed E-state index contributed by atoms with van der Waals surface area (Å²) < 4.78 is 13.6. The first-order chi connectivity index (χ1) is 9.40. The maximum atomic E-state index is 5.11. The van der Waals surface area contributed by atoms with Gasteiger partial charge in [0.1, 0.15) is 0 Å². The van der Waals surface area contributed by atoms with Gasteiger partial charge in [0, 0.05) is 0 Å². The SMILES string of the molecule is C1=CC(=C2SC3=C(S2)[Se]C(=C2[Se]C=C[Se]2)[Se]3)C=CO1. The topological polar surface area (TPSA) is 9.23 Å². The van der Waals surface area contributed by atoms with Gasteiger partial charge in [0.25, 0.3) is 0 Å². The van der Waals surface area contributed by atoms with Gasteiger partial charge in [-0.1, -0.05) is 0 Å². The molecule has 0 saturated heterocycles. The second kappa shape index (κ2) is 6.02. The van der Waals surface area contributed by atoms with E-state index in [1.54, 1.807) is 20.1 Å². The molecule has 0 aromatic carbocycles. The molecule has 0 spiro atoms. The van der Waals surface area contributed by atoms with Gasteiger partial charge in [0.2, 0.25) is 0 Å². The van der Waals surface area contributed by atoms with Crippen LogP contribution in [0, 0.1) is 0 Å². The van der Waals surface area contributed by atoms with Crippen LogP contribution in [0.5, 0.6) is 0 Å². The van der Waals surface area contributed by atoms with Crippen molar-refractivity contribution in [2.24, 2.45) is 0 Å². The molecule has 0 aliphatic carbocycles. The minimum atomic E-state index is 0.638. The van der Waals surface area contributed by atoms with E-state index < -0.39 is 0 Å². The predicted molar refractivity (Wildman–Crippen MR) is 87.8 cm³/mol. The van der Waals surface area contributed by atoms with Crippen molar-refractivity contribution in [1.82, 2.24) is 0 Å². The molecule has 0 amide bonds. The fraction of sp³-hybridized carbons (Fsp3) is 0. The maximum absolute atomic E-state index is 5.11. The zero-order valence-corrected chi connectivity index (χ0v) is 17.8. The first-order valence-electron chi connectivity index (χ1n) is 5.31. The predicted octanol–water partition coefficient (Wildman–Crippen LogP) is 2.30. The number of allylic oxidation sites excluding steroid dienone is 3. The van der Waals surface area contributed by atoms with E-state index in [1.165, 1.54) is 9.81 Å². The third-order valence-corrected chi connectivity index (χ3v) is 21.3. The van der Waals surface area contributed by atoms with Crippen LogP contribution in [-0.4, -0.2) is 59.8 Å². The quantitative estimate of drug-likeness (QED) is 0.432. The summed E-state index contributed by atoms with van der Waals surface area (Å²) in [4.78, 5) is 4.83. The summed E-state index contributed by atoms with van der Waals surface area (Å²) in [5.74, 6) is 0. The van der Waals surface area contributed by atoms with Gasteiger partial charge in [0.15, 0.2) is 0 Å². The summed E-state index contributed by atoms with van der Waals surface area (Å²) in [6, 6.07) is 0. The van der Waals surface area contributed by atoms with Gasteiger partial charge in [-0.25, -0.2) is 0 Å². The molecule has 0 aromatic heterocycles. The van der Waals surface area contributed by atoms with Crippen LogP contribution in [0.1, 0.15) is 0 Å². The Hall–Kier alpha value is 1.02. The van der Waals surface area contributed by atoms with Crippen LogP contribution in [0.25, 0.3) is 0 Å². The molecule has 4 heterocycles. The number of rotatable bonds is 0. The fourth-order valence-corrected chi connectivity index (χ4v) is 21.8. The van der Waals surface area contributed by atoms with Crippen molar-refractivity contribution >= 4 is 83.4 Å². The fourth-order valence-electron chi connectivity index (χ4n) is 1.55. The zero-order valence-electron chi connectivity index (χ0n) is 9.32. The molecule has 0 saturated carbocycles. The van der Waals surface area contributed by atoms with E-state index in [2.05, 4.69) is 22.1 Å². The van der Waals surface area contributed by atoms with Crippen LogP contribution in [-0.2, 0) is 4.74 Å². The van der Waals surface area contributed by atoms with Crippen molar-refractivity contribution < 1.29 is 4.74 Å². The molecule has 7 heteroatoms. The molecule has 96 valence electrons. The van der Waals surface area contributed by atoms with Crippen molar-refractivity contribution in [2.45, 2.75) is 0 Å². The number of hydrogen-bond donors (Lipinski definition) is 0. The summed E-state index contributed by atoms with van der Waals surface area (Å²) >= 11 is 6.70. The van der Waals surface area contributed by atoms with Gasteiger partial charge < -0.3 is 0 Å². The van der Waals surface area contributed by atoms with Gasteiger partial charge in [-0.15, -0.1) is 0 Å². The number of ether oxygens (including phenoxy) is 1. The van der Waals surface area contributed by atoms with Crippen molar-refractivity contribution in [3.05, 3.63) is 58.8 Å². The Morgan fingerprint density at radius 1 is 0.842 bits per heavy atom. The van der Waals surface area contributed by atoms with E-state index in [1.807, 2.05) is 30.3 Å². The van der Waals surface area contributed by atoms with Crippen LogP contribution in [0.4, 0.5) is 0 Å². The molecule has 0 unspecified atom stereocenters.